The molecule has 1 aliphatic heterocycles. The summed E-state index contributed by atoms with van der Waals surface area (Å²) >= 11 is 0. The van der Waals surface area contributed by atoms with Crippen LogP contribution in [0.3, 0.4) is 0 Å². The number of hydrogen-bond acceptors (Lipinski definition) is 6. The molecule has 29 heavy (non-hydrogen) atoms. The summed E-state index contributed by atoms with van der Waals surface area (Å²) in [4.78, 5) is 22.8. The van der Waals surface area contributed by atoms with Crippen molar-refractivity contribution in [2.45, 2.75) is 38.8 Å². The number of aromatic nitrogens is 3. The second kappa shape index (κ2) is 6.95. The first kappa shape index (κ1) is 19.0. The minimum absolute atomic E-state index is 0.0604. The first-order valence-electron chi connectivity index (χ1n) is 9.61. The fourth-order valence-corrected chi connectivity index (χ4v) is 3.71. The van der Waals surface area contributed by atoms with Crippen LogP contribution in [0.15, 0.2) is 36.8 Å². The van der Waals surface area contributed by atoms with E-state index in [9.17, 15) is 9.90 Å². The Morgan fingerprint density at radius 3 is 2.66 bits per heavy atom. The van der Waals surface area contributed by atoms with E-state index >= 15 is 0 Å². The third kappa shape index (κ3) is 3.70. The van der Waals surface area contributed by atoms with Gasteiger partial charge in [-0.05, 0) is 44.9 Å². The number of ether oxygens (including phenoxy) is 1. The van der Waals surface area contributed by atoms with Gasteiger partial charge in [0, 0.05) is 24.8 Å². The van der Waals surface area contributed by atoms with Crippen LogP contribution in [0.1, 0.15) is 33.2 Å². The summed E-state index contributed by atoms with van der Waals surface area (Å²) < 4.78 is 7.58. The number of nitrogens with two attached hydrogens (primary N) is 1. The van der Waals surface area contributed by atoms with E-state index in [4.69, 9.17) is 10.5 Å². The number of hydrogen-bond donors (Lipinski definition) is 2. The van der Waals surface area contributed by atoms with Crippen molar-refractivity contribution in [3.8, 4) is 16.9 Å². The first-order chi connectivity index (χ1) is 13.7. The quantitative estimate of drug-likeness (QED) is 0.687. The van der Waals surface area contributed by atoms with Crippen LogP contribution in [0.2, 0.25) is 0 Å². The molecule has 1 saturated heterocycles. The van der Waals surface area contributed by atoms with Crippen molar-refractivity contribution in [2.75, 3.05) is 18.8 Å². The second-order valence-electron chi connectivity index (χ2n) is 8.32. The zero-order valence-electron chi connectivity index (χ0n) is 16.8. The third-order valence-corrected chi connectivity index (χ3v) is 5.03. The van der Waals surface area contributed by atoms with Crippen LogP contribution >= 0.6 is 0 Å². The van der Waals surface area contributed by atoms with E-state index in [0.717, 1.165) is 28.6 Å². The summed E-state index contributed by atoms with van der Waals surface area (Å²) in [5.74, 6) is 0.601. The highest BCUT2D eigenvalue weighted by atomic mass is 16.6. The Morgan fingerprint density at radius 2 is 1.97 bits per heavy atom. The second-order valence-corrected chi connectivity index (χ2v) is 8.32. The number of carbonyl (C=O) groups excluding carboxylic acids is 1. The molecule has 1 atom stereocenters. The zero-order chi connectivity index (χ0) is 20.8. The van der Waals surface area contributed by atoms with Crippen molar-refractivity contribution >= 4 is 22.9 Å². The lowest BCUT2D eigenvalue weighted by Gasteiger charge is -2.24. The summed E-state index contributed by atoms with van der Waals surface area (Å²) in [6.45, 7) is 6.75. The van der Waals surface area contributed by atoms with Crippen LogP contribution in [-0.4, -0.2) is 49.3 Å². The van der Waals surface area contributed by atoms with Gasteiger partial charge in [-0.2, -0.15) is 0 Å². The molecular formula is C21H25N5O3. The summed E-state index contributed by atoms with van der Waals surface area (Å²) in [7, 11) is 0. The Kier molecular flexibility index (Phi) is 4.56. The number of amides is 1. The Morgan fingerprint density at radius 1 is 1.24 bits per heavy atom. The Labute approximate surface area is 168 Å². The molecule has 0 aliphatic carbocycles. The molecule has 152 valence electrons. The molecule has 1 unspecified atom stereocenters. The molecule has 4 rings (SSSR count). The number of phenolic OH excluding ortho intramolecular Hbond substituents is 1. The van der Waals surface area contributed by atoms with E-state index in [1.165, 1.54) is 6.33 Å². The number of rotatable bonds is 2. The minimum atomic E-state index is -0.525. The number of nitrogens with zero attached hydrogens (tertiary/aromatic N) is 4. The molecule has 3 aromatic rings. The van der Waals surface area contributed by atoms with Crippen LogP contribution in [0.5, 0.6) is 5.75 Å². The van der Waals surface area contributed by atoms with Gasteiger partial charge in [0.1, 0.15) is 29.1 Å². The van der Waals surface area contributed by atoms with Crippen molar-refractivity contribution in [3.63, 3.8) is 0 Å². The SMILES string of the molecule is CC(C)(C)OC(=O)N1CCC(n2cc(-c3ccc(O)cc3)c3c(N)ncnc32)C1. The average molecular weight is 395 g/mol. The number of aromatic hydroxyl groups is 1. The highest BCUT2D eigenvalue weighted by Gasteiger charge is 2.32. The molecule has 1 fully saturated rings. The Hall–Kier alpha value is -3.29. The number of anilines is 1. The van der Waals surface area contributed by atoms with Crippen molar-refractivity contribution < 1.29 is 14.6 Å². The van der Waals surface area contributed by atoms with Gasteiger partial charge in [0.25, 0.3) is 0 Å². The number of likely N-dealkylation sites (tertiary alicyclic amines) is 1. The predicted octanol–water partition coefficient (Wildman–Crippen LogP) is 3.57. The van der Waals surface area contributed by atoms with E-state index < -0.39 is 5.60 Å². The smallest absolute Gasteiger partial charge is 0.410 e. The standard InChI is InChI=1S/C21H25N5O3/c1-21(2,3)29-20(28)25-9-8-14(10-25)26-11-16(13-4-6-15(27)7-5-13)17-18(22)23-12-24-19(17)26/h4-7,11-12,14,27H,8-10H2,1-3H3,(H2,22,23,24). The average Bonchev–Trinajstić information content (AvgIpc) is 3.26. The van der Waals surface area contributed by atoms with Gasteiger partial charge >= 0.3 is 6.09 Å². The van der Waals surface area contributed by atoms with Gasteiger partial charge in [-0.25, -0.2) is 14.8 Å². The summed E-state index contributed by atoms with van der Waals surface area (Å²) in [6.07, 6.45) is 3.95. The molecule has 1 aliphatic rings. The normalized spacial score (nSPS) is 17.1. The van der Waals surface area contributed by atoms with E-state index in [1.807, 2.05) is 39.1 Å². The maximum Gasteiger partial charge on any atom is 0.410 e. The third-order valence-electron chi connectivity index (χ3n) is 5.03. The van der Waals surface area contributed by atoms with E-state index in [1.54, 1.807) is 17.0 Å². The fourth-order valence-electron chi connectivity index (χ4n) is 3.71. The van der Waals surface area contributed by atoms with Gasteiger partial charge in [0.15, 0.2) is 0 Å². The lowest BCUT2D eigenvalue weighted by atomic mass is 10.1. The highest BCUT2D eigenvalue weighted by molar-refractivity contribution is 6.00. The molecule has 0 bridgehead atoms. The molecule has 0 saturated carbocycles. The van der Waals surface area contributed by atoms with Crippen molar-refractivity contribution in [2.24, 2.45) is 0 Å². The maximum atomic E-state index is 12.4. The largest absolute Gasteiger partial charge is 0.508 e. The van der Waals surface area contributed by atoms with Crippen LogP contribution in [0, 0.1) is 0 Å². The van der Waals surface area contributed by atoms with E-state index in [0.29, 0.717) is 18.9 Å². The van der Waals surface area contributed by atoms with Gasteiger partial charge < -0.3 is 25.0 Å². The fraction of sp³-hybridized carbons (Fsp3) is 0.381. The number of nitrogen functional groups attached to an aromatic ring is 1. The van der Waals surface area contributed by atoms with E-state index in [2.05, 4.69) is 14.5 Å². The van der Waals surface area contributed by atoms with Crippen LogP contribution in [0.4, 0.5) is 10.6 Å². The highest BCUT2D eigenvalue weighted by Crippen LogP contribution is 2.36. The van der Waals surface area contributed by atoms with Gasteiger partial charge in [-0.1, -0.05) is 12.1 Å². The molecule has 8 nitrogen and oxygen atoms in total. The molecule has 1 aromatic carbocycles. The number of benzene rings is 1. The molecule has 3 N–H and O–H groups in total. The predicted molar refractivity (Wildman–Crippen MR) is 111 cm³/mol. The summed E-state index contributed by atoms with van der Waals surface area (Å²) in [5.41, 5.74) is 8.20. The van der Waals surface area contributed by atoms with Gasteiger partial charge in [0.2, 0.25) is 0 Å². The molecule has 1 amide bonds. The molecule has 3 heterocycles. The van der Waals surface area contributed by atoms with Crippen molar-refractivity contribution in [1.29, 1.82) is 0 Å². The van der Waals surface area contributed by atoms with Crippen molar-refractivity contribution in [3.05, 3.63) is 36.8 Å². The van der Waals surface area contributed by atoms with E-state index in [-0.39, 0.29) is 17.9 Å². The number of carbonyl (C=O) groups is 1. The molecule has 2 aromatic heterocycles. The zero-order valence-corrected chi connectivity index (χ0v) is 16.8. The molecule has 0 spiro atoms. The monoisotopic (exact) mass is 395 g/mol. The lowest BCUT2D eigenvalue weighted by Crippen LogP contribution is -2.35. The van der Waals surface area contributed by atoms with Crippen LogP contribution < -0.4 is 5.73 Å². The van der Waals surface area contributed by atoms with Gasteiger partial charge in [0.05, 0.1) is 11.4 Å². The summed E-state index contributed by atoms with van der Waals surface area (Å²) in [5, 5.41) is 10.4. The first-order valence-corrected chi connectivity index (χ1v) is 9.61. The van der Waals surface area contributed by atoms with Gasteiger partial charge in [-0.3, -0.25) is 0 Å². The molecule has 0 radical (unpaired) electrons. The molecule has 8 heteroatoms. The Bertz CT molecular complexity index is 1050. The number of fused-ring (bicyclic) bond motifs is 1. The minimum Gasteiger partial charge on any atom is -0.508 e. The van der Waals surface area contributed by atoms with Gasteiger partial charge in [-0.15, -0.1) is 0 Å². The maximum absolute atomic E-state index is 12.4. The van der Waals surface area contributed by atoms with Crippen LogP contribution in [-0.2, 0) is 4.74 Å². The summed E-state index contributed by atoms with van der Waals surface area (Å²) in [6, 6.07) is 7.01. The lowest BCUT2D eigenvalue weighted by molar-refractivity contribution is 0.0289. The number of phenols is 1. The topological polar surface area (TPSA) is 106 Å². The van der Waals surface area contributed by atoms with Crippen LogP contribution in [0.25, 0.3) is 22.2 Å². The van der Waals surface area contributed by atoms with Crippen molar-refractivity contribution in [1.82, 2.24) is 19.4 Å². The Balaban J connectivity index is 1.69. The molecular weight excluding hydrogens is 370 g/mol.